The quantitative estimate of drug-likeness (QED) is 0.491. The zero-order valence-electron chi connectivity index (χ0n) is 18.0. The highest BCUT2D eigenvalue weighted by Crippen LogP contribution is 2.24. The van der Waals surface area contributed by atoms with Gasteiger partial charge < -0.3 is 0 Å². The first kappa shape index (κ1) is 21.6. The van der Waals surface area contributed by atoms with Gasteiger partial charge >= 0.3 is 0 Å². The van der Waals surface area contributed by atoms with Crippen LogP contribution in [-0.2, 0) is 16.4 Å². The number of sulfonamides is 1. The number of fused-ring (bicyclic) bond motifs is 1. The van der Waals surface area contributed by atoms with Gasteiger partial charge in [0.2, 0.25) is 0 Å². The summed E-state index contributed by atoms with van der Waals surface area (Å²) in [5, 5.41) is 0. The third kappa shape index (κ3) is 4.68. The zero-order chi connectivity index (χ0) is 22.7. The number of benzene rings is 3. The second kappa shape index (κ2) is 8.88. The summed E-state index contributed by atoms with van der Waals surface area (Å²) >= 11 is 0. The van der Waals surface area contributed by atoms with Crippen molar-refractivity contribution >= 4 is 27.3 Å². The van der Waals surface area contributed by atoms with Gasteiger partial charge in [-0.15, -0.1) is 0 Å². The molecule has 0 unspecified atom stereocenters. The van der Waals surface area contributed by atoms with Crippen LogP contribution in [0, 0.1) is 13.8 Å². The Morgan fingerprint density at radius 3 is 2.56 bits per heavy atom. The van der Waals surface area contributed by atoms with Crippen molar-refractivity contribution in [2.45, 2.75) is 31.6 Å². The average molecular weight is 448 g/mol. The highest BCUT2D eigenvalue weighted by Gasteiger charge is 2.18. The van der Waals surface area contributed by atoms with E-state index in [1.54, 1.807) is 18.2 Å². The van der Waals surface area contributed by atoms with E-state index < -0.39 is 15.9 Å². The number of amides is 1. The summed E-state index contributed by atoms with van der Waals surface area (Å²) in [6, 6.07) is 19.5. The molecule has 32 heavy (non-hydrogen) atoms. The van der Waals surface area contributed by atoms with Crippen LogP contribution in [0.1, 0.15) is 39.0 Å². The molecule has 3 aromatic carbocycles. The van der Waals surface area contributed by atoms with Crippen LogP contribution in [-0.4, -0.2) is 14.3 Å². The molecular weight excluding hydrogens is 422 g/mol. The molecule has 0 saturated carbocycles. The van der Waals surface area contributed by atoms with Gasteiger partial charge in [0, 0.05) is 11.1 Å². The van der Waals surface area contributed by atoms with Crippen molar-refractivity contribution < 1.29 is 13.2 Å². The zero-order valence-corrected chi connectivity index (χ0v) is 18.8. The first-order chi connectivity index (χ1) is 15.3. The number of carbonyl (C=O) groups is 1. The standard InChI is InChI=1S/C25H25N3O3S/c1-17-13-14-23(18(2)15-17)28-32(30,31)21-10-5-9-20(16-21)25(29)27-26-24-12-6-8-19-7-3-4-11-22(19)24/h3-5,7,9-16,26,28H,6,8H2,1-2H3,(H,27,29). The van der Waals surface area contributed by atoms with Gasteiger partial charge in [0.1, 0.15) is 0 Å². The monoisotopic (exact) mass is 447 g/mol. The number of hydrogen-bond acceptors (Lipinski definition) is 4. The number of hydrazine groups is 1. The lowest BCUT2D eigenvalue weighted by molar-refractivity contribution is 0.0942. The number of anilines is 1. The Balaban J connectivity index is 1.49. The molecule has 0 aromatic heterocycles. The fourth-order valence-electron chi connectivity index (χ4n) is 3.73. The van der Waals surface area contributed by atoms with E-state index in [9.17, 15) is 13.2 Å². The summed E-state index contributed by atoms with van der Waals surface area (Å²) in [7, 11) is -3.84. The third-order valence-electron chi connectivity index (χ3n) is 5.41. The molecule has 3 N–H and O–H groups in total. The summed E-state index contributed by atoms with van der Waals surface area (Å²) in [5.41, 5.74) is 11.4. The Morgan fingerprint density at radius 1 is 0.938 bits per heavy atom. The number of carbonyl (C=O) groups excluding carboxylic acids is 1. The van der Waals surface area contributed by atoms with Gasteiger partial charge in [0.05, 0.1) is 16.3 Å². The Labute approximate surface area is 188 Å². The summed E-state index contributed by atoms with van der Waals surface area (Å²) in [5.74, 6) is -0.419. The molecule has 164 valence electrons. The number of aryl methyl sites for hydroxylation is 3. The predicted molar refractivity (Wildman–Crippen MR) is 127 cm³/mol. The van der Waals surface area contributed by atoms with Crippen molar-refractivity contribution in [3.05, 3.63) is 101 Å². The van der Waals surface area contributed by atoms with Gasteiger partial charge in [0.15, 0.2) is 0 Å². The maximum atomic E-state index is 12.9. The van der Waals surface area contributed by atoms with Crippen molar-refractivity contribution in [1.29, 1.82) is 0 Å². The summed E-state index contributed by atoms with van der Waals surface area (Å²) in [6.45, 7) is 3.79. The average Bonchev–Trinajstić information content (AvgIpc) is 2.79. The molecule has 0 atom stereocenters. The fourth-order valence-corrected chi connectivity index (χ4v) is 4.91. The highest BCUT2D eigenvalue weighted by atomic mass is 32.2. The van der Waals surface area contributed by atoms with Crippen LogP contribution < -0.4 is 15.6 Å². The number of hydrogen-bond donors (Lipinski definition) is 3. The Bertz CT molecular complexity index is 1310. The maximum absolute atomic E-state index is 12.9. The van der Waals surface area contributed by atoms with Crippen LogP contribution >= 0.6 is 0 Å². The smallest absolute Gasteiger partial charge is 0.269 e. The highest BCUT2D eigenvalue weighted by molar-refractivity contribution is 7.92. The summed E-state index contributed by atoms with van der Waals surface area (Å²) < 4.78 is 28.4. The van der Waals surface area contributed by atoms with Gasteiger partial charge in [-0.3, -0.25) is 20.4 Å². The van der Waals surface area contributed by atoms with Crippen LogP contribution in [0.2, 0.25) is 0 Å². The van der Waals surface area contributed by atoms with Gasteiger partial charge in [-0.1, -0.05) is 54.1 Å². The van der Waals surface area contributed by atoms with Gasteiger partial charge in [0.25, 0.3) is 15.9 Å². The Kier molecular flexibility index (Phi) is 6.01. The summed E-state index contributed by atoms with van der Waals surface area (Å²) in [6.07, 6.45) is 3.88. The molecule has 1 amide bonds. The van der Waals surface area contributed by atoms with E-state index in [1.807, 2.05) is 50.3 Å². The lowest BCUT2D eigenvalue weighted by atomic mass is 9.95. The van der Waals surface area contributed by atoms with Crippen LogP contribution in [0.3, 0.4) is 0 Å². The molecule has 0 bridgehead atoms. The lowest BCUT2D eigenvalue weighted by Gasteiger charge is -2.19. The van der Waals surface area contributed by atoms with Gasteiger partial charge in [-0.05, 0) is 62.1 Å². The van der Waals surface area contributed by atoms with Crippen molar-refractivity contribution in [3.8, 4) is 0 Å². The normalized spacial score (nSPS) is 13.0. The number of nitrogens with one attached hydrogen (secondary N) is 3. The number of allylic oxidation sites excluding steroid dienone is 1. The van der Waals surface area contributed by atoms with Gasteiger partial charge in [-0.25, -0.2) is 8.42 Å². The van der Waals surface area contributed by atoms with Crippen LogP contribution in [0.15, 0.2) is 77.7 Å². The molecule has 4 rings (SSSR count). The SMILES string of the molecule is Cc1ccc(NS(=O)(=O)c2cccc(C(=O)NNC3=CCCc4ccccc43)c2)c(C)c1. The van der Waals surface area contributed by atoms with Crippen molar-refractivity contribution in [2.75, 3.05) is 4.72 Å². The van der Waals surface area contributed by atoms with E-state index in [4.69, 9.17) is 0 Å². The maximum Gasteiger partial charge on any atom is 0.269 e. The molecular formula is C25H25N3O3S. The van der Waals surface area contributed by atoms with E-state index in [2.05, 4.69) is 21.6 Å². The minimum atomic E-state index is -3.84. The lowest BCUT2D eigenvalue weighted by Crippen LogP contribution is -2.36. The Hall–Kier alpha value is -3.58. The predicted octanol–water partition coefficient (Wildman–Crippen LogP) is 4.33. The van der Waals surface area contributed by atoms with Crippen molar-refractivity contribution in [3.63, 3.8) is 0 Å². The minimum Gasteiger partial charge on any atom is -0.298 e. The fraction of sp³-hybridized carbons (Fsp3) is 0.160. The number of rotatable bonds is 6. The van der Waals surface area contributed by atoms with Crippen LogP contribution in [0.25, 0.3) is 5.70 Å². The molecule has 0 fully saturated rings. The van der Waals surface area contributed by atoms with Crippen molar-refractivity contribution in [2.24, 2.45) is 0 Å². The second-order valence-electron chi connectivity index (χ2n) is 7.84. The Morgan fingerprint density at radius 2 is 1.75 bits per heavy atom. The molecule has 3 aromatic rings. The molecule has 0 aliphatic heterocycles. The van der Waals surface area contributed by atoms with Crippen molar-refractivity contribution in [1.82, 2.24) is 10.9 Å². The third-order valence-corrected chi connectivity index (χ3v) is 6.78. The molecule has 1 aliphatic carbocycles. The van der Waals surface area contributed by atoms with E-state index >= 15 is 0 Å². The first-order valence-electron chi connectivity index (χ1n) is 10.4. The second-order valence-corrected chi connectivity index (χ2v) is 9.53. The summed E-state index contributed by atoms with van der Waals surface area (Å²) in [4.78, 5) is 12.7. The first-order valence-corrected chi connectivity index (χ1v) is 11.9. The van der Waals surface area contributed by atoms with Crippen LogP contribution in [0.4, 0.5) is 5.69 Å². The largest absolute Gasteiger partial charge is 0.298 e. The molecule has 1 aliphatic rings. The van der Waals surface area contributed by atoms with E-state index in [-0.39, 0.29) is 10.5 Å². The molecule has 0 radical (unpaired) electrons. The van der Waals surface area contributed by atoms with Gasteiger partial charge in [-0.2, -0.15) is 0 Å². The molecule has 0 heterocycles. The minimum absolute atomic E-state index is 0.0207. The van der Waals surface area contributed by atoms with E-state index in [0.717, 1.165) is 35.2 Å². The topological polar surface area (TPSA) is 87.3 Å². The molecule has 0 saturated heterocycles. The molecule has 6 nitrogen and oxygen atoms in total. The molecule has 0 spiro atoms. The van der Waals surface area contributed by atoms with E-state index in [0.29, 0.717) is 5.69 Å². The van der Waals surface area contributed by atoms with Crippen LogP contribution in [0.5, 0.6) is 0 Å². The molecule has 7 heteroatoms. The van der Waals surface area contributed by atoms with E-state index in [1.165, 1.54) is 17.7 Å².